The predicted octanol–water partition coefficient (Wildman–Crippen LogP) is 3.75. The van der Waals surface area contributed by atoms with E-state index in [1.54, 1.807) is 0 Å². The van der Waals surface area contributed by atoms with Crippen molar-refractivity contribution >= 4 is 0 Å². The highest BCUT2D eigenvalue weighted by atomic mass is 16.5. The summed E-state index contributed by atoms with van der Waals surface area (Å²) in [4.78, 5) is 4.60. The van der Waals surface area contributed by atoms with E-state index in [9.17, 15) is 0 Å². The summed E-state index contributed by atoms with van der Waals surface area (Å²) in [5.74, 6) is 1.44. The molecule has 1 N–H and O–H groups in total. The molecule has 3 rings (SSSR count). The number of aromatic nitrogens is 2. The highest BCUT2D eigenvalue weighted by Gasteiger charge is 2.18. The van der Waals surface area contributed by atoms with E-state index in [1.807, 2.05) is 12.1 Å². The van der Waals surface area contributed by atoms with Crippen LogP contribution in [0, 0.1) is 0 Å². The third-order valence-electron chi connectivity index (χ3n) is 4.00. The molecular weight excluding hydrogens is 298 g/mol. The maximum absolute atomic E-state index is 5.52. The highest BCUT2D eigenvalue weighted by Crippen LogP contribution is 2.17. The first kappa shape index (κ1) is 16.4. The molecule has 0 aliphatic carbocycles. The van der Waals surface area contributed by atoms with E-state index in [4.69, 9.17) is 4.52 Å². The molecule has 2 aromatic carbocycles. The van der Waals surface area contributed by atoms with Gasteiger partial charge < -0.3 is 9.84 Å². The topological polar surface area (TPSA) is 51.0 Å². The van der Waals surface area contributed by atoms with Crippen molar-refractivity contribution in [3.05, 3.63) is 83.5 Å². The summed E-state index contributed by atoms with van der Waals surface area (Å²) in [6.07, 6.45) is 2.55. The van der Waals surface area contributed by atoms with Gasteiger partial charge in [0.05, 0.1) is 6.04 Å². The van der Waals surface area contributed by atoms with Gasteiger partial charge in [-0.15, -0.1) is 0 Å². The van der Waals surface area contributed by atoms with E-state index in [-0.39, 0.29) is 6.04 Å². The Bertz CT molecular complexity index is 725. The first-order chi connectivity index (χ1) is 11.8. The Morgan fingerprint density at radius 3 is 2.25 bits per heavy atom. The summed E-state index contributed by atoms with van der Waals surface area (Å²) in [7, 11) is 0. The van der Waals surface area contributed by atoms with Crippen LogP contribution in [0.4, 0.5) is 0 Å². The van der Waals surface area contributed by atoms with E-state index in [1.165, 1.54) is 11.1 Å². The van der Waals surface area contributed by atoms with Crippen LogP contribution < -0.4 is 5.32 Å². The lowest BCUT2D eigenvalue weighted by molar-refractivity contribution is 0.328. The largest absolute Gasteiger partial charge is 0.338 e. The lowest BCUT2D eigenvalue weighted by Gasteiger charge is -2.13. The molecule has 1 atom stereocenters. The second-order valence-electron chi connectivity index (χ2n) is 5.83. The van der Waals surface area contributed by atoms with Gasteiger partial charge in [0.1, 0.15) is 0 Å². The third kappa shape index (κ3) is 4.52. The van der Waals surface area contributed by atoms with Gasteiger partial charge >= 0.3 is 0 Å². The van der Waals surface area contributed by atoms with Crippen molar-refractivity contribution in [1.29, 1.82) is 0 Å². The molecule has 0 fully saturated rings. The summed E-state index contributed by atoms with van der Waals surface area (Å²) in [5.41, 5.74) is 2.55. The molecule has 4 heteroatoms. The minimum atomic E-state index is 0.0513. The zero-order valence-electron chi connectivity index (χ0n) is 14.0. The van der Waals surface area contributed by atoms with E-state index < -0.39 is 0 Å². The number of likely N-dealkylation sites (N-methyl/N-ethyl adjacent to an activating group) is 1. The van der Waals surface area contributed by atoms with Crippen LogP contribution in [0.15, 0.2) is 65.2 Å². The van der Waals surface area contributed by atoms with Crippen LogP contribution >= 0.6 is 0 Å². The van der Waals surface area contributed by atoms with Crippen molar-refractivity contribution in [2.24, 2.45) is 0 Å². The summed E-state index contributed by atoms with van der Waals surface area (Å²) in [6, 6.07) is 20.8. The van der Waals surface area contributed by atoms with Gasteiger partial charge in [0.15, 0.2) is 5.82 Å². The molecule has 3 aromatic rings. The SMILES string of the molecule is CCN[C@H](Cc1ccccc1)c1nc(CCc2ccccc2)no1. The van der Waals surface area contributed by atoms with Crippen LogP contribution in [0.3, 0.4) is 0 Å². The van der Waals surface area contributed by atoms with Gasteiger partial charge in [-0.25, -0.2) is 0 Å². The van der Waals surface area contributed by atoms with Crippen molar-refractivity contribution in [2.45, 2.75) is 32.2 Å². The molecule has 0 aliphatic heterocycles. The molecule has 0 spiro atoms. The first-order valence-electron chi connectivity index (χ1n) is 8.49. The number of nitrogens with zero attached hydrogens (tertiary/aromatic N) is 2. The minimum absolute atomic E-state index is 0.0513. The molecule has 24 heavy (non-hydrogen) atoms. The Kier molecular flexibility index (Phi) is 5.75. The van der Waals surface area contributed by atoms with Crippen LogP contribution in [0.25, 0.3) is 0 Å². The molecule has 0 saturated heterocycles. The monoisotopic (exact) mass is 321 g/mol. The van der Waals surface area contributed by atoms with Gasteiger partial charge in [0.25, 0.3) is 0 Å². The van der Waals surface area contributed by atoms with Gasteiger partial charge in [0.2, 0.25) is 5.89 Å². The number of hydrogen-bond acceptors (Lipinski definition) is 4. The Morgan fingerprint density at radius 2 is 1.58 bits per heavy atom. The maximum Gasteiger partial charge on any atom is 0.244 e. The first-order valence-corrected chi connectivity index (χ1v) is 8.49. The molecule has 1 heterocycles. The molecule has 124 valence electrons. The minimum Gasteiger partial charge on any atom is -0.338 e. The molecule has 4 nitrogen and oxygen atoms in total. The van der Waals surface area contributed by atoms with E-state index in [2.05, 4.69) is 70.9 Å². The molecule has 1 aromatic heterocycles. The van der Waals surface area contributed by atoms with Crippen molar-refractivity contribution in [3.63, 3.8) is 0 Å². The number of rotatable bonds is 8. The van der Waals surface area contributed by atoms with Crippen molar-refractivity contribution in [2.75, 3.05) is 6.54 Å². The van der Waals surface area contributed by atoms with E-state index in [0.717, 1.165) is 31.6 Å². The molecule has 0 unspecified atom stereocenters. The van der Waals surface area contributed by atoms with E-state index in [0.29, 0.717) is 5.89 Å². The van der Waals surface area contributed by atoms with Crippen LogP contribution in [0.1, 0.15) is 35.8 Å². The predicted molar refractivity (Wildman–Crippen MR) is 94.7 cm³/mol. The zero-order chi connectivity index (χ0) is 16.6. The second-order valence-corrected chi connectivity index (χ2v) is 5.83. The standard InChI is InChI=1S/C20H23N3O/c1-2-21-18(15-17-11-7-4-8-12-17)20-22-19(23-24-20)14-13-16-9-5-3-6-10-16/h3-12,18,21H,2,13-15H2,1H3/t18-/m1/s1. The maximum atomic E-state index is 5.52. The fourth-order valence-corrected chi connectivity index (χ4v) is 2.75. The molecule has 0 aliphatic rings. The second kappa shape index (κ2) is 8.41. The van der Waals surface area contributed by atoms with Gasteiger partial charge in [-0.05, 0) is 30.5 Å². The summed E-state index contributed by atoms with van der Waals surface area (Å²) in [5, 5.41) is 7.59. The van der Waals surface area contributed by atoms with Crippen LogP contribution in [0.2, 0.25) is 0 Å². The lowest BCUT2D eigenvalue weighted by Crippen LogP contribution is -2.23. The molecule has 0 radical (unpaired) electrons. The molecule has 0 amide bonds. The average Bonchev–Trinajstić information content (AvgIpc) is 3.10. The Morgan fingerprint density at radius 1 is 0.917 bits per heavy atom. The normalized spacial score (nSPS) is 12.2. The average molecular weight is 321 g/mol. The van der Waals surface area contributed by atoms with Crippen LogP contribution in [0.5, 0.6) is 0 Å². The fourth-order valence-electron chi connectivity index (χ4n) is 2.75. The Hall–Kier alpha value is -2.46. The number of aryl methyl sites for hydroxylation is 2. The molecular formula is C20H23N3O. The highest BCUT2D eigenvalue weighted by molar-refractivity contribution is 5.17. The molecule has 0 saturated carbocycles. The van der Waals surface area contributed by atoms with Gasteiger partial charge in [-0.2, -0.15) is 4.98 Å². The summed E-state index contributed by atoms with van der Waals surface area (Å²) < 4.78 is 5.52. The number of nitrogens with one attached hydrogen (secondary N) is 1. The lowest BCUT2D eigenvalue weighted by atomic mass is 10.1. The fraction of sp³-hybridized carbons (Fsp3) is 0.300. The van der Waals surface area contributed by atoms with Gasteiger partial charge in [-0.3, -0.25) is 0 Å². The Labute approximate surface area is 142 Å². The third-order valence-corrected chi connectivity index (χ3v) is 4.00. The summed E-state index contributed by atoms with van der Waals surface area (Å²) >= 11 is 0. The van der Waals surface area contributed by atoms with Crippen molar-refractivity contribution < 1.29 is 4.52 Å². The smallest absolute Gasteiger partial charge is 0.244 e. The summed E-state index contributed by atoms with van der Waals surface area (Å²) in [6.45, 7) is 2.95. The van der Waals surface area contributed by atoms with E-state index >= 15 is 0 Å². The quantitative estimate of drug-likeness (QED) is 0.686. The molecule has 0 bridgehead atoms. The van der Waals surface area contributed by atoms with Gasteiger partial charge in [0, 0.05) is 6.42 Å². The number of benzene rings is 2. The zero-order valence-corrected chi connectivity index (χ0v) is 14.0. The van der Waals surface area contributed by atoms with Gasteiger partial charge in [-0.1, -0.05) is 72.7 Å². The van der Waals surface area contributed by atoms with Crippen LogP contribution in [-0.4, -0.2) is 16.7 Å². The van der Waals surface area contributed by atoms with Crippen molar-refractivity contribution in [3.8, 4) is 0 Å². The van der Waals surface area contributed by atoms with Crippen molar-refractivity contribution in [1.82, 2.24) is 15.5 Å². The Balaban J connectivity index is 1.65. The van der Waals surface area contributed by atoms with Crippen LogP contribution in [-0.2, 0) is 19.3 Å². The number of hydrogen-bond donors (Lipinski definition) is 1.